The lowest BCUT2D eigenvalue weighted by molar-refractivity contribution is 0.0695. The lowest BCUT2D eigenvalue weighted by Gasteiger charge is -2.35. The number of carboxylic acids is 1. The maximum atomic E-state index is 11.4. The van der Waals surface area contributed by atoms with Crippen LogP contribution in [0.1, 0.15) is 45.9 Å². The summed E-state index contributed by atoms with van der Waals surface area (Å²) >= 11 is 0. The Morgan fingerprint density at radius 1 is 1.20 bits per heavy atom. The first kappa shape index (κ1) is 16.2. The number of hydrogen-bond acceptors (Lipinski definition) is 4. The van der Waals surface area contributed by atoms with Crippen LogP contribution in [0, 0.1) is 5.92 Å². The molecular formula is C20H23N3O2. The van der Waals surface area contributed by atoms with Crippen molar-refractivity contribution in [3.8, 4) is 0 Å². The molecule has 130 valence electrons. The van der Waals surface area contributed by atoms with Crippen molar-refractivity contribution in [2.45, 2.75) is 32.0 Å². The van der Waals surface area contributed by atoms with E-state index in [4.69, 9.17) is 0 Å². The van der Waals surface area contributed by atoms with E-state index in [1.165, 1.54) is 11.1 Å². The number of nitrogens with zero attached hydrogens (tertiary/aromatic N) is 2. The largest absolute Gasteiger partial charge is 0.478 e. The summed E-state index contributed by atoms with van der Waals surface area (Å²) in [5, 5.41) is 12.9. The van der Waals surface area contributed by atoms with Crippen molar-refractivity contribution in [3.05, 3.63) is 65.0 Å². The smallest absolute Gasteiger partial charge is 0.336 e. The molecule has 1 atom stereocenters. The Bertz CT molecular complexity index is 755. The minimum Gasteiger partial charge on any atom is -0.478 e. The van der Waals surface area contributed by atoms with E-state index in [0.29, 0.717) is 18.0 Å². The normalized spacial score (nSPS) is 21.2. The summed E-state index contributed by atoms with van der Waals surface area (Å²) in [7, 11) is 0. The number of aromatic nitrogens is 1. The molecule has 0 spiro atoms. The van der Waals surface area contributed by atoms with Crippen molar-refractivity contribution >= 4 is 5.97 Å². The zero-order valence-electron chi connectivity index (χ0n) is 14.2. The van der Waals surface area contributed by atoms with Gasteiger partial charge < -0.3 is 10.4 Å². The Kier molecular flexibility index (Phi) is 4.51. The second-order valence-electron chi connectivity index (χ2n) is 7.01. The number of hydrogen-bond donors (Lipinski definition) is 2. The molecule has 1 aromatic heterocycles. The van der Waals surface area contributed by atoms with Gasteiger partial charge in [0.15, 0.2) is 0 Å². The zero-order chi connectivity index (χ0) is 17.2. The molecule has 0 bridgehead atoms. The molecule has 1 saturated heterocycles. The maximum Gasteiger partial charge on any atom is 0.336 e. The van der Waals surface area contributed by atoms with E-state index < -0.39 is 5.97 Å². The van der Waals surface area contributed by atoms with Crippen molar-refractivity contribution < 1.29 is 9.90 Å². The van der Waals surface area contributed by atoms with Gasteiger partial charge in [0.25, 0.3) is 0 Å². The molecule has 5 heteroatoms. The molecule has 2 N–H and O–H groups in total. The molecule has 1 unspecified atom stereocenters. The van der Waals surface area contributed by atoms with E-state index in [1.807, 2.05) is 18.5 Å². The summed E-state index contributed by atoms with van der Waals surface area (Å²) in [6.07, 6.45) is 5.97. The van der Waals surface area contributed by atoms with Gasteiger partial charge in [0.1, 0.15) is 0 Å². The first-order valence-electron chi connectivity index (χ1n) is 8.92. The molecule has 1 aromatic carbocycles. The van der Waals surface area contributed by atoms with Crippen LogP contribution in [0.5, 0.6) is 0 Å². The Morgan fingerprint density at radius 2 is 1.96 bits per heavy atom. The fraction of sp³-hybridized carbons (Fsp3) is 0.400. The van der Waals surface area contributed by atoms with Crippen molar-refractivity contribution in [1.82, 2.24) is 15.2 Å². The van der Waals surface area contributed by atoms with Crippen LogP contribution in [0.4, 0.5) is 0 Å². The lowest BCUT2D eigenvalue weighted by atomic mass is 9.85. The highest BCUT2D eigenvalue weighted by Crippen LogP contribution is 2.37. The molecule has 5 nitrogen and oxygen atoms in total. The van der Waals surface area contributed by atoms with Crippen LogP contribution >= 0.6 is 0 Å². The Labute approximate surface area is 147 Å². The van der Waals surface area contributed by atoms with E-state index in [-0.39, 0.29) is 6.04 Å². The molecule has 25 heavy (non-hydrogen) atoms. The average Bonchev–Trinajstić information content (AvgIpc) is 3.07. The number of piperidine rings is 1. The third-order valence-corrected chi connectivity index (χ3v) is 5.54. The molecule has 2 aromatic rings. The van der Waals surface area contributed by atoms with Crippen molar-refractivity contribution in [1.29, 1.82) is 0 Å². The molecule has 0 saturated carbocycles. The summed E-state index contributed by atoms with van der Waals surface area (Å²) in [6, 6.07) is 10.1. The topological polar surface area (TPSA) is 65.5 Å². The Morgan fingerprint density at radius 3 is 2.68 bits per heavy atom. The standard InChI is InChI=1S/C20H23N3O2/c24-20(25)17-3-1-2-16-18(17)12-22-19(16)15-6-10-23(11-7-15)13-14-4-8-21-9-5-14/h1-5,8-9,15,19,22H,6-7,10-13H2,(H,24,25). The predicted molar refractivity (Wildman–Crippen MR) is 95.2 cm³/mol. The first-order valence-corrected chi connectivity index (χ1v) is 8.92. The van der Waals surface area contributed by atoms with Gasteiger partial charge in [0.2, 0.25) is 0 Å². The molecule has 0 amide bonds. The van der Waals surface area contributed by atoms with Crippen LogP contribution in [0.25, 0.3) is 0 Å². The molecule has 0 aliphatic carbocycles. The number of aromatic carboxylic acids is 1. The highest BCUT2D eigenvalue weighted by Gasteiger charge is 2.33. The van der Waals surface area contributed by atoms with Crippen LogP contribution in [0.2, 0.25) is 0 Å². The van der Waals surface area contributed by atoms with Gasteiger partial charge in [-0.2, -0.15) is 0 Å². The monoisotopic (exact) mass is 337 g/mol. The lowest BCUT2D eigenvalue weighted by Crippen LogP contribution is -2.37. The number of benzene rings is 1. The van der Waals surface area contributed by atoms with E-state index in [9.17, 15) is 9.90 Å². The van der Waals surface area contributed by atoms with Crippen LogP contribution in [0.3, 0.4) is 0 Å². The van der Waals surface area contributed by atoms with E-state index in [0.717, 1.165) is 38.0 Å². The van der Waals surface area contributed by atoms with Gasteiger partial charge in [-0.05, 0) is 66.7 Å². The summed E-state index contributed by atoms with van der Waals surface area (Å²) in [6.45, 7) is 3.81. The first-order chi connectivity index (χ1) is 12.2. The molecule has 3 heterocycles. The summed E-state index contributed by atoms with van der Waals surface area (Å²) < 4.78 is 0. The Balaban J connectivity index is 1.41. The second-order valence-corrected chi connectivity index (χ2v) is 7.01. The minimum absolute atomic E-state index is 0.289. The molecule has 2 aliphatic heterocycles. The zero-order valence-corrected chi connectivity index (χ0v) is 14.2. The fourth-order valence-corrected chi connectivity index (χ4v) is 4.23. The summed E-state index contributed by atoms with van der Waals surface area (Å²) in [4.78, 5) is 18.0. The van der Waals surface area contributed by atoms with E-state index >= 15 is 0 Å². The molecule has 4 rings (SSSR count). The van der Waals surface area contributed by atoms with Crippen LogP contribution < -0.4 is 5.32 Å². The average molecular weight is 337 g/mol. The Hall–Kier alpha value is -2.24. The third kappa shape index (κ3) is 3.30. The third-order valence-electron chi connectivity index (χ3n) is 5.54. The van der Waals surface area contributed by atoms with Gasteiger partial charge in [-0.3, -0.25) is 9.88 Å². The number of nitrogens with one attached hydrogen (secondary N) is 1. The fourth-order valence-electron chi connectivity index (χ4n) is 4.23. The highest BCUT2D eigenvalue weighted by molar-refractivity contribution is 5.90. The van der Waals surface area contributed by atoms with E-state index in [1.54, 1.807) is 6.07 Å². The van der Waals surface area contributed by atoms with Crippen LogP contribution in [-0.4, -0.2) is 34.0 Å². The van der Waals surface area contributed by atoms with Gasteiger partial charge in [-0.1, -0.05) is 12.1 Å². The van der Waals surface area contributed by atoms with Gasteiger partial charge in [0.05, 0.1) is 5.56 Å². The second kappa shape index (κ2) is 6.94. The highest BCUT2D eigenvalue weighted by atomic mass is 16.4. The van der Waals surface area contributed by atoms with Crippen LogP contribution in [0.15, 0.2) is 42.7 Å². The van der Waals surface area contributed by atoms with Gasteiger partial charge >= 0.3 is 5.97 Å². The molecule has 1 fully saturated rings. The van der Waals surface area contributed by atoms with Crippen molar-refractivity contribution in [3.63, 3.8) is 0 Å². The number of fused-ring (bicyclic) bond motifs is 1. The van der Waals surface area contributed by atoms with Gasteiger partial charge in [-0.25, -0.2) is 4.79 Å². The summed E-state index contributed by atoms with van der Waals surface area (Å²) in [5.41, 5.74) is 3.92. The predicted octanol–water partition coefficient (Wildman–Crippen LogP) is 2.84. The molecule has 0 radical (unpaired) electrons. The van der Waals surface area contributed by atoms with Crippen molar-refractivity contribution in [2.75, 3.05) is 13.1 Å². The number of carbonyl (C=O) groups is 1. The minimum atomic E-state index is -0.827. The number of pyridine rings is 1. The SMILES string of the molecule is O=C(O)c1cccc2c1CNC2C1CCN(Cc2ccncc2)CC1. The van der Waals surface area contributed by atoms with Crippen molar-refractivity contribution in [2.24, 2.45) is 5.92 Å². The quantitative estimate of drug-likeness (QED) is 0.898. The maximum absolute atomic E-state index is 11.4. The number of rotatable bonds is 4. The number of carboxylic acid groups (broad SMARTS) is 1. The number of likely N-dealkylation sites (tertiary alicyclic amines) is 1. The van der Waals surface area contributed by atoms with Gasteiger partial charge in [0, 0.05) is 31.5 Å². The molecular weight excluding hydrogens is 314 g/mol. The molecule has 2 aliphatic rings. The van der Waals surface area contributed by atoms with E-state index in [2.05, 4.69) is 33.4 Å². The summed E-state index contributed by atoms with van der Waals surface area (Å²) in [5.74, 6) is -0.259. The van der Waals surface area contributed by atoms with Crippen LogP contribution in [-0.2, 0) is 13.1 Å². The van der Waals surface area contributed by atoms with Gasteiger partial charge in [-0.15, -0.1) is 0 Å².